The van der Waals surface area contributed by atoms with Gasteiger partial charge in [0.05, 0.1) is 26.2 Å². The van der Waals surface area contributed by atoms with Crippen LogP contribution in [0.2, 0.25) is 0 Å². The SMILES string of the molecule is CCCCC[C@H](CN(C=O)OCc1ccccc1)C(=O)NCNC(=O)c1ccc(-c2cccc(OC)c2)o1. The standard InChI is InChI=1S/C29H35N3O6/c1-3-4-6-12-24(18-32(21-33)37-19-22-10-7-5-8-11-22)28(34)30-20-31-29(35)27-16-15-26(38-27)23-13-9-14-25(17-23)36-2/h5,7-11,13-17,21,24H,3-4,6,12,18-20H2,1-2H3,(H,30,34)(H,31,35)/t24-/m1/s1. The predicted octanol–water partition coefficient (Wildman–Crippen LogP) is 4.55. The first-order chi connectivity index (χ1) is 18.5. The van der Waals surface area contributed by atoms with Crippen molar-refractivity contribution < 1.29 is 28.4 Å². The summed E-state index contributed by atoms with van der Waals surface area (Å²) in [5.41, 5.74) is 1.70. The Kier molecular flexibility index (Phi) is 11.4. The van der Waals surface area contributed by atoms with E-state index >= 15 is 0 Å². The second kappa shape index (κ2) is 15.2. The van der Waals surface area contributed by atoms with Crippen molar-refractivity contribution in [2.45, 2.75) is 39.2 Å². The van der Waals surface area contributed by atoms with Gasteiger partial charge in [-0.2, -0.15) is 0 Å². The topological polar surface area (TPSA) is 110 Å². The predicted molar refractivity (Wildman–Crippen MR) is 143 cm³/mol. The fourth-order valence-electron chi connectivity index (χ4n) is 3.86. The van der Waals surface area contributed by atoms with Crippen LogP contribution in [0.5, 0.6) is 5.75 Å². The summed E-state index contributed by atoms with van der Waals surface area (Å²) < 4.78 is 10.9. The van der Waals surface area contributed by atoms with Crippen molar-refractivity contribution in [3.05, 3.63) is 78.1 Å². The molecule has 0 unspecified atom stereocenters. The van der Waals surface area contributed by atoms with E-state index in [1.54, 1.807) is 19.2 Å². The average Bonchev–Trinajstić information content (AvgIpc) is 3.45. The molecule has 0 spiro atoms. The van der Waals surface area contributed by atoms with Gasteiger partial charge in [0.1, 0.15) is 18.1 Å². The molecule has 0 bridgehead atoms. The van der Waals surface area contributed by atoms with Crippen LogP contribution in [-0.2, 0) is 21.0 Å². The molecular formula is C29H35N3O6. The Morgan fingerprint density at radius 3 is 2.58 bits per heavy atom. The van der Waals surface area contributed by atoms with E-state index in [1.807, 2.05) is 54.6 Å². The van der Waals surface area contributed by atoms with Gasteiger partial charge in [-0.15, -0.1) is 0 Å². The minimum Gasteiger partial charge on any atom is -0.497 e. The Hall–Kier alpha value is -4.11. The Morgan fingerprint density at radius 1 is 1.03 bits per heavy atom. The molecule has 3 amide bonds. The number of hydrogen-bond acceptors (Lipinski definition) is 6. The lowest BCUT2D eigenvalue weighted by atomic mass is 10.0. The number of furan rings is 1. The third-order valence-electron chi connectivity index (χ3n) is 5.98. The summed E-state index contributed by atoms with van der Waals surface area (Å²) in [7, 11) is 1.58. The fraction of sp³-hybridized carbons (Fsp3) is 0.345. The van der Waals surface area contributed by atoms with Crippen LogP contribution in [0.4, 0.5) is 0 Å². The number of nitrogens with one attached hydrogen (secondary N) is 2. The summed E-state index contributed by atoms with van der Waals surface area (Å²) in [5, 5.41) is 6.55. The van der Waals surface area contributed by atoms with Gasteiger partial charge in [-0.1, -0.05) is 68.7 Å². The smallest absolute Gasteiger partial charge is 0.288 e. The number of carbonyl (C=O) groups is 3. The molecule has 0 fully saturated rings. The van der Waals surface area contributed by atoms with E-state index in [9.17, 15) is 14.4 Å². The molecule has 0 saturated heterocycles. The molecule has 0 saturated carbocycles. The number of hydrogen-bond donors (Lipinski definition) is 2. The highest BCUT2D eigenvalue weighted by Crippen LogP contribution is 2.25. The number of hydroxylamine groups is 2. The van der Waals surface area contributed by atoms with Crippen LogP contribution in [0, 0.1) is 5.92 Å². The van der Waals surface area contributed by atoms with E-state index < -0.39 is 11.8 Å². The Bertz CT molecular complexity index is 1160. The molecular weight excluding hydrogens is 486 g/mol. The van der Waals surface area contributed by atoms with Crippen LogP contribution in [0.3, 0.4) is 0 Å². The molecule has 38 heavy (non-hydrogen) atoms. The van der Waals surface area contributed by atoms with Crippen molar-refractivity contribution in [3.8, 4) is 17.1 Å². The molecule has 0 aliphatic carbocycles. The van der Waals surface area contributed by atoms with Gasteiger partial charge in [-0.05, 0) is 36.2 Å². The maximum absolute atomic E-state index is 12.9. The van der Waals surface area contributed by atoms with E-state index in [1.165, 1.54) is 0 Å². The van der Waals surface area contributed by atoms with Gasteiger partial charge in [0.15, 0.2) is 5.76 Å². The number of benzene rings is 2. The number of methoxy groups -OCH3 is 1. The van der Waals surface area contributed by atoms with Crippen molar-refractivity contribution >= 4 is 18.2 Å². The van der Waals surface area contributed by atoms with E-state index in [4.69, 9.17) is 14.0 Å². The van der Waals surface area contributed by atoms with Gasteiger partial charge in [-0.3, -0.25) is 19.2 Å². The summed E-state index contributed by atoms with van der Waals surface area (Å²) in [6.45, 7) is 2.34. The van der Waals surface area contributed by atoms with Gasteiger partial charge in [0.25, 0.3) is 5.91 Å². The second-order valence-corrected chi connectivity index (χ2v) is 8.78. The van der Waals surface area contributed by atoms with Crippen molar-refractivity contribution in [1.82, 2.24) is 15.7 Å². The molecule has 9 nitrogen and oxygen atoms in total. The molecule has 3 aromatic rings. The highest BCUT2D eigenvalue weighted by atomic mass is 16.7. The first-order valence-corrected chi connectivity index (χ1v) is 12.7. The Morgan fingerprint density at radius 2 is 1.84 bits per heavy atom. The van der Waals surface area contributed by atoms with Crippen LogP contribution >= 0.6 is 0 Å². The average molecular weight is 522 g/mol. The zero-order valence-electron chi connectivity index (χ0n) is 21.9. The van der Waals surface area contributed by atoms with Gasteiger partial charge >= 0.3 is 0 Å². The minimum absolute atomic E-state index is 0.0803. The molecule has 202 valence electrons. The monoisotopic (exact) mass is 521 g/mol. The first-order valence-electron chi connectivity index (χ1n) is 12.7. The lowest BCUT2D eigenvalue weighted by Gasteiger charge is -2.23. The van der Waals surface area contributed by atoms with Crippen LogP contribution in [0.25, 0.3) is 11.3 Å². The number of nitrogens with zero attached hydrogens (tertiary/aromatic N) is 1. The van der Waals surface area contributed by atoms with Gasteiger partial charge in [0, 0.05) is 5.56 Å². The lowest BCUT2D eigenvalue weighted by Crippen LogP contribution is -2.43. The van der Waals surface area contributed by atoms with Gasteiger partial charge < -0.3 is 19.8 Å². The molecule has 3 rings (SSSR count). The van der Waals surface area contributed by atoms with Crippen LogP contribution in [-0.4, -0.2) is 43.6 Å². The lowest BCUT2D eigenvalue weighted by molar-refractivity contribution is -0.182. The number of amides is 3. The molecule has 9 heteroatoms. The second-order valence-electron chi connectivity index (χ2n) is 8.78. The number of carbonyl (C=O) groups excluding carboxylic acids is 3. The maximum Gasteiger partial charge on any atom is 0.288 e. The molecule has 1 atom stereocenters. The number of unbranched alkanes of at least 4 members (excludes halogenated alkanes) is 2. The number of rotatable bonds is 16. The highest BCUT2D eigenvalue weighted by Gasteiger charge is 2.22. The number of ether oxygens (including phenoxy) is 1. The highest BCUT2D eigenvalue weighted by molar-refractivity contribution is 5.92. The Balaban J connectivity index is 1.52. The molecule has 0 aliphatic rings. The molecule has 2 aromatic carbocycles. The van der Waals surface area contributed by atoms with E-state index in [0.29, 0.717) is 24.3 Å². The van der Waals surface area contributed by atoms with Crippen molar-refractivity contribution in [3.63, 3.8) is 0 Å². The van der Waals surface area contributed by atoms with E-state index in [0.717, 1.165) is 35.5 Å². The summed E-state index contributed by atoms with van der Waals surface area (Å²) in [6.07, 6.45) is 4.00. The zero-order chi connectivity index (χ0) is 27.2. The summed E-state index contributed by atoms with van der Waals surface area (Å²) in [6, 6.07) is 20.1. The summed E-state index contributed by atoms with van der Waals surface area (Å²) in [4.78, 5) is 42.7. The van der Waals surface area contributed by atoms with Gasteiger partial charge in [0.2, 0.25) is 12.3 Å². The summed E-state index contributed by atoms with van der Waals surface area (Å²) >= 11 is 0. The van der Waals surface area contributed by atoms with Crippen molar-refractivity contribution in [2.75, 3.05) is 20.3 Å². The normalized spacial score (nSPS) is 11.4. The van der Waals surface area contributed by atoms with Crippen molar-refractivity contribution in [1.29, 1.82) is 0 Å². The van der Waals surface area contributed by atoms with Gasteiger partial charge in [-0.25, -0.2) is 5.06 Å². The first kappa shape index (κ1) is 28.5. The zero-order valence-corrected chi connectivity index (χ0v) is 21.9. The third kappa shape index (κ3) is 8.77. The third-order valence-corrected chi connectivity index (χ3v) is 5.98. The largest absolute Gasteiger partial charge is 0.497 e. The van der Waals surface area contributed by atoms with Crippen LogP contribution in [0.15, 0.2) is 71.1 Å². The molecule has 1 aromatic heterocycles. The Labute approximate surface area is 223 Å². The minimum atomic E-state index is -0.484. The molecule has 2 N–H and O–H groups in total. The summed E-state index contributed by atoms with van der Waals surface area (Å²) in [5.74, 6) is 0.120. The molecule has 0 radical (unpaired) electrons. The molecule has 0 aliphatic heterocycles. The van der Waals surface area contributed by atoms with Crippen LogP contribution < -0.4 is 15.4 Å². The molecule has 1 heterocycles. The quantitative estimate of drug-likeness (QED) is 0.124. The van der Waals surface area contributed by atoms with E-state index in [-0.39, 0.29) is 31.5 Å². The van der Waals surface area contributed by atoms with Crippen molar-refractivity contribution in [2.24, 2.45) is 5.92 Å². The maximum atomic E-state index is 12.9. The fourth-order valence-corrected chi connectivity index (χ4v) is 3.86. The van der Waals surface area contributed by atoms with E-state index in [2.05, 4.69) is 17.6 Å². The van der Waals surface area contributed by atoms with Crippen LogP contribution in [0.1, 0.15) is 48.7 Å².